The molecule has 3 aromatic rings. The average molecular weight is 390 g/mol. The summed E-state index contributed by atoms with van der Waals surface area (Å²) < 4.78 is 7.16. The maximum absolute atomic E-state index is 12.1. The number of anilines is 1. The summed E-state index contributed by atoms with van der Waals surface area (Å²) in [5.74, 6) is 0.946. The number of nitrogens with one attached hydrogen (secondary N) is 1. The molecule has 9 heteroatoms. The van der Waals surface area contributed by atoms with Gasteiger partial charge in [-0.25, -0.2) is 4.98 Å². The van der Waals surface area contributed by atoms with Gasteiger partial charge in [0, 0.05) is 12.6 Å². The van der Waals surface area contributed by atoms with E-state index in [4.69, 9.17) is 4.74 Å². The zero-order valence-electron chi connectivity index (χ0n) is 14.7. The van der Waals surface area contributed by atoms with Crippen LogP contribution < -0.4 is 10.1 Å². The fraction of sp³-hybridized carbons (Fsp3) is 0.294. The van der Waals surface area contributed by atoms with Crippen LogP contribution >= 0.6 is 23.1 Å². The first kappa shape index (κ1) is 18.4. The second kappa shape index (κ2) is 8.33. The number of hydrogen-bond donors (Lipinski definition) is 1. The van der Waals surface area contributed by atoms with Gasteiger partial charge in [0.15, 0.2) is 5.16 Å². The SMILES string of the molecule is CCc1nnc(NC(=O)CSc2ncc(-c3ccc(OC)cc3)n2C)s1. The number of carbonyl (C=O) groups excluding carboxylic acids is 1. The summed E-state index contributed by atoms with van der Waals surface area (Å²) in [6, 6.07) is 7.79. The number of aromatic nitrogens is 4. The lowest BCUT2D eigenvalue weighted by Crippen LogP contribution is -2.14. The van der Waals surface area contributed by atoms with Crippen molar-refractivity contribution in [2.45, 2.75) is 18.5 Å². The Morgan fingerprint density at radius 3 is 2.73 bits per heavy atom. The van der Waals surface area contributed by atoms with Gasteiger partial charge in [-0.2, -0.15) is 0 Å². The highest BCUT2D eigenvalue weighted by Gasteiger charge is 2.13. The molecule has 0 aliphatic heterocycles. The first-order chi connectivity index (χ1) is 12.6. The Morgan fingerprint density at radius 1 is 1.31 bits per heavy atom. The van der Waals surface area contributed by atoms with Gasteiger partial charge < -0.3 is 9.30 Å². The molecule has 0 saturated carbocycles. The molecule has 1 N–H and O–H groups in total. The standard InChI is InChI=1S/C17H19N5O2S2/c1-4-15-20-21-16(26-15)19-14(23)10-25-17-18-9-13(22(17)2)11-5-7-12(24-3)8-6-11/h5-9H,4,10H2,1-3H3,(H,19,21,23). The van der Waals surface area contributed by atoms with E-state index in [1.807, 2.05) is 42.8 Å². The molecule has 7 nitrogen and oxygen atoms in total. The summed E-state index contributed by atoms with van der Waals surface area (Å²) in [5.41, 5.74) is 2.02. The quantitative estimate of drug-likeness (QED) is 0.625. The molecule has 0 fully saturated rings. The van der Waals surface area contributed by atoms with Gasteiger partial charge in [0.05, 0.1) is 24.8 Å². The number of amides is 1. The lowest BCUT2D eigenvalue weighted by molar-refractivity contribution is -0.113. The highest BCUT2D eigenvalue weighted by atomic mass is 32.2. The van der Waals surface area contributed by atoms with E-state index in [-0.39, 0.29) is 11.7 Å². The van der Waals surface area contributed by atoms with E-state index in [0.29, 0.717) is 5.13 Å². The molecule has 0 saturated heterocycles. The highest BCUT2D eigenvalue weighted by molar-refractivity contribution is 7.99. The van der Waals surface area contributed by atoms with Crippen molar-refractivity contribution in [3.63, 3.8) is 0 Å². The van der Waals surface area contributed by atoms with Crippen molar-refractivity contribution < 1.29 is 9.53 Å². The minimum absolute atomic E-state index is 0.122. The van der Waals surface area contributed by atoms with Crippen LogP contribution in [0.1, 0.15) is 11.9 Å². The Balaban J connectivity index is 1.61. The van der Waals surface area contributed by atoms with Gasteiger partial charge >= 0.3 is 0 Å². The van der Waals surface area contributed by atoms with Crippen LogP contribution in [0.5, 0.6) is 5.75 Å². The Morgan fingerprint density at radius 2 is 2.08 bits per heavy atom. The minimum Gasteiger partial charge on any atom is -0.497 e. The van der Waals surface area contributed by atoms with Gasteiger partial charge in [-0.1, -0.05) is 30.0 Å². The Labute approximate surface area is 159 Å². The van der Waals surface area contributed by atoms with Crippen molar-refractivity contribution in [2.75, 3.05) is 18.2 Å². The van der Waals surface area contributed by atoms with E-state index in [9.17, 15) is 4.79 Å². The van der Waals surface area contributed by atoms with Crippen molar-refractivity contribution in [3.8, 4) is 17.0 Å². The van der Waals surface area contributed by atoms with Crippen LogP contribution in [0, 0.1) is 0 Å². The van der Waals surface area contributed by atoms with Crippen LogP contribution in [-0.2, 0) is 18.3 Å². The number of methoxy groups -OCH3 is 1. The molecule has 0 aliphatic carbocycles. The molecule has 0 aliphatic rings. The van der Waals surface area contributed by atoms with Crippen LogP contribution in [0.25, 0.3) is 11.3 Å². The fourth-order valence-electron chi connectivity index (χ4n) is 2.29. The van der Waals surface area contributed by atoms with E-state index >= 15 is 0 Å². The number of rotatable bonds is 7. The predicted octanol–water partition coefficient (Wildman–Crippen LogP) is 3.24. The lowest BCUT2D eigenvalue weighted by Gasteiger charge is -2.07. The zero-order valence-corrected chi connectivity index (χ0v) is 16.4. The largest absolute Gasteiger partial charge is 0.497 e. The van der Waals surface area contributed by atoms with Gasteiger partial charge in [-0.05, 0) is 30.7 Å². The van der Waals surface area contributed by atoms with E-state index in [2.05, 4.69) is 20.5 Å². The molecular formula is C17H19N5O2S2. The third-order valence-corrected chi connectivity index (χ3v) is 5.71. The molecule has 0 bridgehead atoms. The molecule has 0 radical (unpaired) electrons. The summed E-state index contributed by atoms with van der Waals surface area (Å²) in [4.78, 5) is 16.5. The molecular weight excluding hydrogens is 370 g/mol. The monoisotopic (exact) mass is 389 g/mol. The number of imidazole rings is 1. The third-order valence-electron chi connectivity index (χ3n) is 3.68. The second-order valence-electron chi connectivity index (χ2n) is 5.40. The topological polar surface area (TPSA) is 81.9 Å². The Bertz CT molecular complexity index is 889. The fourth-order valence-corrected chi connectivity index (χ4v) is 3.74. The van der Waals surface area contributed by atoms with Gasteiger partial charge in [-0.3, -0.25) is 10.1 Å². The van der Waals surface area contributed by atoms with E-state index in [0.717, 1.165) is 33.6 Å². The first-order valence-corrected chi connectivity index (χ1v) is 9.82. The number of ether oxygens (including phenoxy) is 1. The predicted molar refractivity (Wildman–Crippen MR) is 104 cm³/mol. The third kappa shape index (κ3) is 4.23. The van der Waals surface area contributed by atoms with Crippen molar-refractivity contribution in [3.05, 3.63) is 35.5 Å². The number of benzene rings is 1. The summed E-state index contributed by atoms with van der Waals surface area (Å²) in [5, 5.41) is 12.9. The van der Waals surface area contributed by atoms with Gasteiger partial charge in [0.1, 0.15) is 10.8 Å². The Kier molecular flexibility index (Phi) is 5.89. The molecule has 2 aromatic heterocycles. The number of thioether (sulfide) groups is 1. The zero-order chi connectivity index (χ0) is 18.5. The number of aryl methyl sites for hydroxylation is 1. The Hall–Kier alpha value is -2.39. The molecule has 1 aromatic carbocycles. The van der Waals surface area contributed by atoms with Crippen molar-refractivity contribution in [1.82, 2.24) is 19.7 Å². The number of nitrogens with zero attached hydrogens (tertiary/aromatic N) is 4. The maximum atomic E-state index is 12.1. The van der Waals surface area contributed by atoms with Crippen LogP contribution in [0.4, 0.5) is 5.13 Å². The maximum Gasteiger partial charge on any atom is 0.236 e. The van der Waals surface area contributed by atoms with Crippen molar-refractivity contribution in [1.29, 1.82) is 0 Å². The second-order valence-corrected chi connectivity index (χ2v) is 7.41. The van der Waals surface area contributed by atoms with Crippen LogP contribution in [0.3, 0.4) is 0 Å². The van der Waals surface area contributed by atoms with E-state index in [1.54, 1.807) is 13.3 Å². The molecule has 1 amide bonds. The van der Waals surface area contributed by atoms with Gasteiger partial charge in [0.2, 0.25) is 11.0 Å². The van der Waals surface area contributed by atoms with Gasteiger partial charge in [-0.15, -0.1) is 10.2 Å². The molecule has 26 heavy (non-hydrogen) atoms. The molecule has 0 atom stereocenters. The normalized spacial score (nSPS) is 10.7. The molecule has 0 spiro atoms. The molecule has 2 heterocycles. The first-order valence-electron chi connectivity index (χ1n) is 8.02. The minimum atomic E-state index is -0.122. The summed E-state index contributed by atoms with van der Waals surface area (Å²) in [7, 11) is 3.58. The lowest BCUT2D eigenvalue weighted by atomic mass is 10.1. The summed E-state index contributed by atoms with van der Waals surface area (Å²) in [6.45, 7) is 2.00. The molecule has 136 valence electrons. The van der Waals surface area contributed by atoms with Crippen LogP contribution in [0.2, 0.25) is 0 Å². The van der Waals surface area contributed by atoms with Crippen molar-refractivity contribution >= 4 is 34.1 Å². The smallest absolute Gasteiger partial charge is 0.236 e. The van der Waals surface area contributed by atoms with Crippen molar-refractivity contribution in [2.24, 2.45) is 7.05 Å². The summed E-state index contributed by atoms with van der Waals surface area (Å²) >= 11 is 2.78. The number of carbonyl (C=O) groups is 1. The highest BCUT2D eigenvalue weighted by Crippen LogP contribution is 2.26. The summed E-state index contributed by atoms with van der Waals surface area (Å²) in [6.07, 6.45) is 2.62. The molecule has 0 unspecified atom stereocenters. The van der Waals surface area contributed by atoms with E-state index in [1.165, 1.54) is 23.1 Å². The van der Waals surface area contributed by atoms with E-state index < -0.39 is 0 Å². The van der Waals surface area contributed by atoms with Crippen LogP contribution in [0.15, 0.2) is 35.6 Å². The molecule has 3 rings (SSSR count). The number of hydrogen-bond acceptors (Lipinski definition) is 7. The van der Waals surface area contributed by atoms with Crippen LogP contribution in [-0.4, -0.2) is 38.5 Å². The average Bonchev–Trinajstić information content (AvgIpc) is 3.26. The van der Waals surface area contributed by atoms with Gasteiger partial charge in [0.25, 0.3) is 0 Å².